The first kappa shape index (κ1) is 11.9. The Morgan fingerprint density at radius 2 is 2.13 bits per heavy atom. The van der Waals surface area contributed by atoms with Crippen LogP contribution < -0.4 is 0 Å². The molecule has 0 spiro atoms. The molecule has 0 amide bonds. The number of hydrogen-bond donors (Lipinski definition) is 0. The standard InChI is InChI=1S/C10H12N2O2.ClH/c1-11-5-4-8-2-3-10(12(13)14)6-9(8)7-11;/h2-3,6H,4-5,7H2,1H3;1H. The first-order valence-electron chi connectivity index (χ1n) is 4.61. The van der Waals surface area contributed by atoms with E-state index in [1.165, 1.54) is 5.56 Å². The normalized spacial score (nSPS) is 15.3. The summed E-state index contributed by atoms with van der Waals surface area (Å²) in [7, 11) is 2.03. The van der Waals surface area contributed by atoms with Crippen molar-refractivity contribution in [2.24, 2.45) is 0 Å². The minimum atomic E-state index is -0.338. The zero-order valence-electron chi connectivity index (χ0n) is 8.47. The van der Waals surface area contributed by atoms with Crippen LogP contribution in [0, 0.1) is 10.1 Å². The summed E-state index contributed by atoms with van der Waals surface area (Å²) < 4.78 is 0. The molecule has 1 heterocycles. The smallest absolute Gasteiger partial charge is 0.269 e. The molecule has 4 nitrogen and oxygen atoms in total. The molecule has 0 aliphatic carbocycles. The molecule has 0 bridgehead atoms. The highest BCUT2D eigenvalue weighted by Crippen LogP contribution is 2.22. The van der Waals surface area contributed by atoms with E-state index in [4.69, 9.17) is 0 Å². The molecule has 0 saturated carbocycles. The van der Waals surface area contributed by atoms with Crippen LogP contribution >= 0.6 is 12.4 Å². The van der Waals surface area contributed by atoms with Crippen LogP contribution in [0.4, 0.5) is 5.69 Å². The van der Waals surface area contributed by atoms with Gasteiger partial charge in [0.15, 0.2) is 0 Å². The Labute approximate surface area is 94.5 Å². The summed E-state index contributed by atoms with van der Waals surface area (Å²) in [6.07, 6.45) is 0.990. The maximum Gasteiger partial charge on any atom is 0.269 e. The van der Waals surface area contributed by atoms with Crippen molar-refractivity contribution in [3.05, 3.63) is 39.4 Å². The maximum atomic E-state index is 10.6. The number of nitro benzene ring substituents is 1. The van der Waals surface area contributed by atoms with Crippen molar-refractivity contribution >= 4 is 18.1 Å². The topological polar surface area (TPSA) is 46.4 Å². The quantitative estimate of drug-likeness (QED) is 0.546. The van der Waals surface area contributed by atoms with Gasteiger partial charge in [0, 0.05) is 25.2 Å². The van der Waals surface area contributed by atoms with Gasteiger partial charge in [-0.3, -0.25) is 10.1 Å². The molecule has 1 aromatic carbocycles. The lowest BCUT2D eigenvalue weighted by molar-refractivity contribution is -0.385. The lowest BCUT2D eigenvalue weighted by atomic mass is 10.00. The Hall–Kier alpha value is -1.13. The molecule has 82 valence electrons. The second kappa shape index (κ2) is 4.59. The van der Waals surface area contributed by atoms with Gasteiger partial charge in [0.05, 0.1) is 4.92 Å². The van der Waals surface area contributed by atoms with E-state index in [0.717, 1.165) is 25.1 Å². The van der Waals surface area contributed by atoms with Gasteiger partial charge in [0.1, 0.15) is 0 Å². The van der Waals surface area contributed by atoms with E-state index in [1.807, 2.05) is 13.1 Å². The van der Waals surface area contributed by atoms with Gasteiger partial charge in [-0.1, -0.05) is 6.07 Å². The summed E-state index contributed by atoms with van der Waals surface area (Å²) in [6, 6.07) is 5.15. The summed E-state index contributed by atoms with van der Waals surface area (Å²) >= 11 is 0. The van der Waals surface area contributed by atoms with Gasteiger partial charge in [0.2, 0.25) is 0 Å². The Balaban J connectivity index is 0.00000112. The number of hydrogen-bond acceptors (Lipinski definition) is 3. The summed E-state index contributed by atoms with van der Waals surface area (Å²) in [4.78, 5) is 12.4. The molecule has 1 aliphatic heterocycles. The highest BCUT2D eigenvalue weighted by Gasteiger charge is 2.16. The Kier molecular flexibility index (Phi) is 3.66. The van der Waals surface area contributed by atoms with E-state index in [-0.39, 0.29) is 23.0 Å². The van der Waals surface area contributed by atoms with Gasteiger partial charge < -0.3 is 4.90 Å². The third kappa shape index (κ3) is 2.46. The highest BCUT2D eigenvalue weighted by molar-refractivity contribution is 5.85. The monoisotopic (exact) mass is 228 g/mol. The van der Waals surface area contributed by atoms with Crippen LogP contribution in [-0.2, 0) is 13.0 Å². The predicted molar refractivity (Wildman–Crippen MR) is 60.4 cm³/mol. The largest absolute Gasteiger partial charge is 0.302 e. The molecule has 0 aromatic heterocycles. The molecular formula is C10H13ClN2O2. The van der Waals surface area contributed by atoms with Crippen molar-refractivity contribution in [1.82, 2.24) is 4.90 Å². The average molecular weight is 229 g/mol. The van der Waals surface area contributed by atoms with E-state index in [0.29, 0.717) is 0 Å². The van der Waals surface area contributed by atoms with Gasteiger partial charge >= 0.3 is 0 Å². The number of benzene rings is 1. The summed E-state index contributed by atoms with van der Waals surface area (Å²) in [5.41, 5.74) is 2.53. The summed E-state index contributed by atoms with van der Waals surface area (Å²) in [5, 5.41) is 10.6. The molecular weight excluding hydrogens is 216 g/mol. The third-order valence-corrected chi connectivity index (χ3v) is 2.60. The molecule has 5 heteroatoms. The first-order chi connectivity index (χ1) is 6.66. The van der Waals surface area contributed by atoms with Crippen LogP contribution in [0.2, 0.25) is 0 Å². The lowest BCUT2D eigenvalue weighted by Gasteiger charge is -2.24. The first-order valence-corrected chi connectivity index (χ1v) is 4.61. The third-order valence-electron chi connectivity index (χ3n) is 2.60. The van der Waals surface area contributed by atoms with Crippen LogP contribution in [-0.4, -0.2) is 23.4 Å². The van der Waals surface area contributed by atoms with Crippen molar-refractivity contribution in [2.75, 3.05) is 13.6 Å². The molecule has 0 fully saturated rings. The summed E-state index contributed by atoms with van der Waals surface area (Å²) in [6.45, 7) is 1.85. The fourth-order valence-electron chi connectivity index (χ4n) is 1.80. The number of rotatable bonds is 1. The van der Waals surface area contributed by atoms with Crippen LogP contribution in [0.25, 0.3) is 0 Å². The molecule has 0 saturated heterocycles. The molecule has 0 unspecified atom stereocenters. The Morgan fingerprint density at radius 3 is 2.80 bits per heavy atom. The maximum absolute atomic E-state index is 10.6. The number of nitro groups is 1. The molecule has 2 rings (SSSR count). The van der Waals surface area contributed by atoms with Crippen molar-refractivity contribution in [2.45, 2.75) is 13.0 Å². The Morgan fingerprint density at radius 1 is 1.40 bits per heavy atom. The second-order valence-electron chi connectivity index (χ2n) is 3.70. The molecule has 0 atom stereocenters. The number of nitrogens with zero attached hydrogens (tertiary/aromatic N) is 2. The van der Waals surface area contributed by atoms with Crippen LogP contribution in [0.3, 0.4) is 0 Å². The predicted octanol–water partition coefficient (Wildman–Crippen LogP) is 2.00. The SMILES string of the molecule is CN1CCc2ccc([N+](=O)[O-])cc2C1.Cl. The van der Waals surface area contributed by atoms with Crippen molar-refractivity contribution in [3.8, 4) is 0 Å². The molecule has 0 N–H and O–H groups in total. The van der Waals surface area contributed by atoms with E-state index in [9.17, 15) is 10.1 Å². The van der Waals surface area contributed by atoms with Crippen molar-refractivity contribution < 1.29 is 4.92 Å². The van der Waals surface area contributed by atoms with Crippen LogP contribution in [0.15, 0.2) is 18.2 Å². The summed E-state index contributed by atoms with van der Waals surface area (Å²) in [5.74, 6) is 0. The van der Waals surface area contributed by atoms with Crippen LogP contribution in [0.1, 0.15) is 11.1 Å². The lowest BCUT2D eigenvalue weighted by Crippen LogP contribution is -2.26. The van der Waals surface area contributed by atoms with Gasteiger partial charge in [-0.05, 0) is 24.6 Å². The van der Waals surface area contributed by atoms with E-state index in [2.05, 4.69) is 4.90 Å². The number of likely N-dealkylation sites (N-methyl/N-ethyl adjacent to an activating group) is 1. The number of fused-ring (bicyclic) bond motifs is 1. The molecule has 1 aliphatic rings. The molecule has 15 heavy (non-hydrogen) atoms. The van der Waals surface area contributed by atoms with Crippen molar-refractivity contribution in [1.29, 1.82) is 0 Å². The van der Waals surface area contributed by atoms with Crippen molar-refractivity contribution in [3.63, 3.8) is 0 Å². The minimum Gasteiger partial charge on any atom is -0.302 e. The van der Waals surface area contributed by atoms with E-state index >= 15 is 0 Å². The van der Waals surface area contributed by atoms with Gasteiger partial charge in [0.25, 0.3) is 5.69 Å². The van der Waals surface area contributed by atoms with Gasteiger partial charge in [-0.15, -0.1) is 12.4 Å². The highest BCUT2D eigenvalue weighted by atomic mass is 35.5. The zero-order chi connectivity index (χ0) is 10.1. The zero-order valence-corrected chi connectivity index (χ0v) is 9.29. The minimum absolute atomic E-state index is 0. The Bertz CT molecular complexity index is 382. The number of non-ortho nitro benzene ring substituents is 1. The number of halogens is 1. The fourth-order valence-corrected chi connectivity index (χ4v) is 1.80. The van der Waals surface area contributed by atoms with Gasteiger partial charge in [-0.25, -0.2) is 0 Å². The molecule has 0 radical (unpaired) electrons. The van der Waals surface area contributed by atoms with E-state index < -0.39 is 0 Å². The van der Waals surface area contributed by atoms with Crippen LogP contribution in [0.5, 0.6) is 0 Å². The molecule has 1 aromatic rings. The average Bonchev–Trinajstić information content (AvgIpc) is 2.16. The van der Waals surface area contributed by atoms with Gasteiger partial charge in [-0.2, -0.15) is 0 Å². The van der Waals surface area contributed by atoms with E-state index in [1.54, 1.807) is 12.1 Å². The fraction of sp³-hybridized carbons (Fsp3) is 0.400. The second-order valence-corrected chi connectivity index (χ2v) is 3.70.